The minimum Gasteiger partial charge on any atom is -0.480 e. The third kappa shape index (κ3) is 5.56. The van der Waals surface area contributed by atoms with E-state index in [0.717, 1.165) is 0 Å². The van der Waals surface area contributed by atoms with Crippen molar-refractivity contribution in [1.29, 1.82) is 0 Å². The lowest BCUT2D eigenvalue weighted by molar-refractivity contribution is -0.138. The molecular weight excluding hydrogens is 205 g/mol. The molecule has 4 N–H and O–H groups in total. The summed E-state index contributed by atoms with van der Waals surface area (Å²) in [5.74, 6) is -1.16. The Kier molecular flexibility index (Phi) is 4.81. The maximum atomic E-state index is 10.3. The fourth-order valence-corrected chi connectivity index (χ4v) is 1.82. The van der Waals surface area contributed by atoms with Crippen LogP contribution in [0.15, 0.2) is 0 Å². The quantitative estimate of drug-likeness (QED) is 0.457. The highest BCUT2D eigenvalue weighted by Crippen LogP contribution is 2.29. The van der Waals surface area contributed by atoms with Crippen molar-refractivity contribution >= 4 is 25.5 Å². The summed E-state index contributed by atoms with van der Waals surface area (Å²) < 4.78 is 10.3. The number of hydrogen-bond acceptors (Lipinski definition) is 3. The van der Waals surface area contributed by atoms with Gasteiger partial charge < -0.3 is 14.9 Å². The Balaban J connectivity index is 4.14. The molecule has 0 spiro atoms. The first kappa shape index (κ1) is 11.9. The van der Waals surface area contributed by atoms with E-state index in [1.165, 1.54) is 11.8 Å². The van der Waals surface area contributed by atoms with Gasteiger partial charge in [0, 0.05) is 5.75 Å². The molecule has 0 fully saturated rings. The van der Waals surface area contributed by atoms with Gasteiger partial charge in [-0.15, -0.1) is 0 Å². The van der Waals surface area contributed by atoms with Gasteiger partial charge in [-0.3, -0.25) is 4.79 Å². The predicted octanol–water partition coefficient (Wildman–Crippen LogP) is -0.515. The Bertz CT molecular complexity index is 204. The summed E-state index contributed by atoms with van der Waals surface area (Å²) in [7, 11) is -4.45. The van der Waals surface area contributed by atoms with Crippen LogP contribution in [0.5, 0.6) is 0 Å². The van der Waals surface area contributed by atoms with Gasteiger partial charge in [-0.05, 0) is 6.26 Å². The van der Waals surface area contributed by atoms with Crippen molar-refractivity contribution in [2.45, 2.75) is 6.04 Å². The van der Waals surface area contributed by atoms with E-state index in [4.69, 9.17) is 14.9 Å². The lowest BCUT2D eigenvalue weighted by Gasteiger charge is -2.13. The van der Waals surface area contributed by atoms with Crippen LogP contribution < -0.4 is 5.09 Å². The summed E-state index contributed by atoms with van der Waals surface area (Å²) in [5.41, 5.74) is 0. The molecule has 0 rings (SSSR count). The van der Waals surface area contributed by atoms with Crippen molar-refractivity contribution in [2.24, 2.45) is 0 Å². The molecule has 72 valence electrons. The normalized spacial score (nSPS) is 14.2. The highest BCUT2D eigenvalue weighted by molar-refractivity contribution is 7.98. The molecule has 0 saturated heterocycles. The van der Waals surface area contributed by atoms with Crippen molar-refractivity contribution < 1.29 is 24.3 Å². The van der Waals surface area contributed by atoms with E-state index in [-0.39, 0.29) is 5.75 Å². The molecule has 8 heteroatoms. The number of hydrogen-bond donors (Lipinski definition) is 4. The average Bonchev–Trinajstić information content (AvgIpc) is 1.83. The van der Waals surface area contributed by atoms with Crippen LogP contribution >= 0.6 is 19.5 Å². The molecule has 0 bridgehead atoms. The third-order valence-corrected chi connectivity index (χ3v) is 2.27. The number of rotatable bonds is 5. The second-order valence-corrected chi connectivity index (χ2v) is 4.28. The number of aliphatic carboxylic acids is 1. The summed E-state index contributed by atoms with van der Waals surface area (Å²) in [6, 6.07) is -1.21. The maximum absolute atomic E-state index is 10.3. The van der Waals surface area contributed by atoms with Crippen LogP contribution in [-0.2, 0) is 9.36 Å². The highest BCUT2D eigenvalue weighted by atomic mass is 32.2. The lowest BCUT2D eigenvalue weighted by atomic mass is 10.4. The smallest absolute Gasteiger partial charge is 0.401 e. The van der Waals surface area contributed by atoms with Crippen LogP contribution in [0.2, 0.25) is 0 Å². The van der Waals surface area contributed by atoms with E-state index in [0.29, 0.717) is 0 Å². The lowest BCUT2D eigenvalue weighted by Crippen LogP contribution is -2.36. The molecule has 1 atom stereocenters. The molecule has 0 aliphatic carbocycles. The first-order valence-electron chi connectivity index (χ1n) is 2.92. The Hall–Kier alpha value is -0.0700. The van der Waals surface area contributed by atoms with Gasteiger partial charge in [-0.25, -0.2) is 9.65 Å². The van der Waals surface area contributed by atoms with Gasteiger partial charge in [-0.1, -0.05) is 0 Å². The molecule has 0 amide bonds. The van der Waals surface area contributed by atoms with Gasteiger partial charge in [-0.2, -0.15) is 11.8 Å². The number of carboxylic acid groups (broad SMARTS) is 1. The third-order valence-electron chi connectivity index (χ3n) is 0.955. The minimum absolute atomic E-state index is 0.112. The molecule has 0 unspecified atom stereocenters. The van der Waals surface area contributed by atoms with E-state index in [1.54, 1.807) is 11.3 Å². The van der Waals surface area contributed by atoms with Crippen molar-refractivity contribution in [3.05, 3.63) is 0 Å². The molecule has 6 nitrogen and oxygen atoms in total. The summed E-state index contributed by atoms with van der Waals surface area (Å²) in [5, 5.41) is 10.2. The predicted molar refractivity (Wildman–Crippen MR) is 45.0 cm³/mol. The van der Waals surface area contributed by atoms with Crippen LogP contribution in [0.1, 0.15) is 0 Å². The van der Waals surface area contributed by atoms with E-state index in [9.17, 15) is 9.36 Å². The van der Waals surface area contributed by atoms with E-state index in [1.807, 2.05) is 0 Å². The van der Waals surface area contributed by atoms with Gasteiger partial charge in [0.15, 0.2) is 0 Å². The molecule has 0 radical (unpaired) electrons. The van der Waals surface area contributed by atoms with Crippen molar-refractivity contribution in [3.8, 4) is 0 Å². The second-order valence-electron chi connectivity index (χ2n) is 2.02. The Morgan fingerprint density at radius 3 is 2.42 bits per heavy atom. The molecule has 0 aromatic heterocycles. The SMILES string of the molecule is CSC[C@H](NP(=O)(O)O)C(=O)O. The summed E-state index contributed by atoms with van der Waals surface area (Å²) >= 11 is 1.19. The monoisotopic (exact) mass is 215 g/mol. The maximum Gasteiger partial charge on any atom is 0.401 e. The van der Waals surface area contributed by atoms with Crippen LogP contribution in [-0.4, -0.2) is 38.9 Å². The topological polar surface area (TPSA) is 107 Å². The minimum atomic E-state index is -4.45. The van der Waals surface area contributed by atoms with Crippen LogP contribution in [0.25, 0.3) is 0 Å². The van der Waals surface area contributed by atoms with Crippen molar-refractivity contribution in [2.75, 3.05) is 12.0 Å². The van der Waals surface area contributed by atoms with E-state index >= 15 is 0 Å². The molecule has 0 aromatic rings. The van der Waals surface area contributed by atoms with Gasteiger partial charge >= 0.3 is 13.7 Å². The molecule has 0 heterocycles. The summed E-state index contributed by atoms with van der Waals surface area (Å²) in [6.07, 6.45) is 1.65. The molecular formula is C4H10NO5PS. The Morgan fingerprint density at radius 1 is 1.67 bits per heavy atom. The fraction of sp³-hybridized carbons (Fsp3) is 0.750. The number of nitrogens with one attached hydrogen (secondary N) is 1. The molecule has 12 heavy (non-hydrogen) atoms. The molecule has 0 aliphatic rings. The molecule has 0 aromatic carbocycles. The summed E-state index contributed by atoms with van der Waals surface area (Å²) in [6.45, 7) is 0. The zero-order chi connectivity index (χ0) is 9.78. The molecule has 0 saturated carbocycles. The summed E-state index contributed by atoms with van der Waals surface area (Å²) in [4.78, 5) is 27.1. The first-order valence-corrected chi connectivity index (χ1v) is 5.92. The number of thioether (sulfide) groups is 1. The number of carbonyl (C=O) groups is 1. The van der Waals surface area contributed by atoms with Gasteiger partial charge in [0.2, 0.25) is 0 Å². The average molecular weight is 215 g/mol. The van der Waals surface area contributed by atoms with Gasteiger partial charge in [0.1, 0.15) is 6.04 Å². The zero-order valence-electron chi connectivity index (χ0n) is 6.30. The van der Waals surface area contributed by atoms with Gasteiger partial charge in [0.05, 0.1) is 0 Å². The first-order chi connectivity index (χ1) is 5.37. The van der Waals surface area contributed by atoms with E-state index in [2.05, 4.69) is 0 Å². The van der Waals surface area contributed by atoms with Crippen LogP contribution in [0.4, 0.5) is 0 Å². The Labute approximate surface area is 73.6 Å². The standard InChI is InChI=1S/C4H10NO5PS/c1-12-2-3(4(6)7)5-11(8,9)10/h3H,2H2,1H3,(H,6,7)(H3,5,8,9,10)/t3-/m0/s1. The highest BCUT2D eigenvalue weighted by Gasteiger charge is 2.24. The largest absolute Gasteiger partial charge is 0.480 e. The van der Waals surface area contributed by atoms with Crippen LogP contribution in [0.3, 0.4) is 0 Å². The van der Waals surface area contributed by atoms with Crippen LogP contribution in [0, 0.1) is 0 Å². The molecule has 0 aliphatic heterocycles. The Morgan fingerprint density at radius 2 is 2.17 bits per heavy atom. The van der Waals surface area contributed by atoms with Crippen molar-refractivity contribution in [3.63, 3.8) is 0 Å². The fourth-order valence-electron chi connectivity index (χ4n) is 0.533. The number of carboxylic acids is 1. The zero-order valence-corrected chi connectivity index (χ0v) is 8.01. The van der Waals surface area contributed by atoms with Gasteiger partial charge in [0.25, 0.3) is 0 Å². The second kappa shape index (κ2) is 4.84. The van der Waals surface area contributed by atoms with E-state index < -0.39 is 19.8 Å². The van der Waals surface area contributed by atoms with Crippen molar-refractivity contribution in [1.82, 2.24) is 5.09 Å².